The van der Waals surface area contributed by atoms with Crippen LogP contribution in [0.25, 0.3) is 0 Å². The summed E-state index contributed by atoms with van der Waals surface area (Å²) in [5, 5.41) is 9.17. The topological polar surface area (TPSA) is 60.9 Å². The largest absolute Gasteiger partial charge is 0.480 e. The van der Waals surface area contributed by atoms with Gasteiger partial charge in [0.25, 0.3) is 0 Å². The molecule has 0 spiro atoms. The summed E-state index contributed by atoms with van der Waals surface area (Å²) in [6.07, 6.45) is 4.28. The van der Waals surface area contributed by atoms with E-state index in [0.29, 0.717) is 13.1 Å². The van der Waals surface area contributed by atoms with Gasteiger partial charge in [0.1, 0.15) is 6.04 Å². The minimum Gasteiger partial charge on any atom is -0.480 e. The van der Waals surface area contributed by atoms with E-state index < -0.39 is 12.0 Å². The maximum Gasteiger partial charge on any atom is 0.326 e. The normalized spacial score (nSPS) is 22.9. The predicted molar refractivity (Wildman–Crippen MR) is 69.4 cm³/mol. The van der Waals surface area contributed by atoms with Gasteiger partial charge in [-0.2, -0.15) is 0 Å². The van der Waals surface area contributed by atoms with Gasteiger partial charge in [0.15, 0.2) is 0 Å². The number of aliphatic carboxylic acids is 1. The predicted octanol–water partition coefficient (Wildman–Crippen LogP) is 1.80. The Kier molecular flexibility index (Phi) is 5.19. The number of amides is 2. The molecule has 1 aliphatic heterocycles. The number of carboxylic acid groups (broad SMARTS) is 1. The molecule has 102 valence electrons. The number of carbonyl (C=O) groups excluding carboxylic acids is 1. The number of hydrogen-bond acceptors (Lipinski definition) is 2. The SMILES string of the molecule is C=CCCCN(C)C(=O)N1CCC(C)C1C(=O)O. The molecular weight excluding hydrogens is 232 g/mol. The van der Waals surface area contributed by atoms with Crippen molar-refractivity contribution in [2.45, 2.75) is 32.2 Å². The van der Waals surface area contributed by atoms with Gasteiger partial charge >= 0.3 is 12.0 Å². The summed E-state index contributed by atoms with van der Waals surface area (Å²) in [5.41, 5.74) is 0. The number of nitrogens with zero attached hydrogens (tertiary/aromatic N) is 2. The van der Waals surface area contributed by atoms with E-state index in [1.807, 2.05) is 13.0 Å². The summed E-state index contributed by atoms with van der Waals surface area (Å²) in [5.74, 6) is -0.888. The van der Waals surface area contributed by atoms with Crippen LogP contribution in [0.3, 0.4) is 0 Å². The van der Waals surface area contributed by atoms with E-state index in [4.69, 9.17) is 0 Å². The number of rotatable bonds is 5. The molecule has 2 unspecified atom stereocenters. The summed E-state index contributed by atoms with van der Waals surface area (Å²) in [6, 6.07) is -0.866. The minimum atomic E-state index is -0.909. The molecule has 1 aliphatic rings. The molecular formula is C13H22N2O3. The van der Waals surface area contributed by atoms with E-state index >= 15 is 0 Å². The fourth-order valence-electron chi connectivity index (χ4n) is 2.33. The van der Waals surface area contributed by atoms with Gasteiger partial charge in [0, 0.05) is 20.1 Å². The van der Waals surface area contributed by atoms with E-state index in [1.54, 1.807) is 11.9 Å². The second-order valence-electron chi connectivity index (χ2n) is 4.88. The highest BCUT2D eigenvalue weighted by Gasteiger charge is 2.40. The van der Waals surface area contributed by atoms with E-state index in [9.17, 15) is 14.7 Å². The smallest absolute Gasteiger partial charge is 0.326 e. The van der Waals surface area contributed by atoms with Crippen molar-refractivity contribution < 1.29 is 14.7 Å². The van der Waals surface area contributed by atoms with Crippen molar-refractivity contribution >= 4 is 12.0 Å². The third kappa shape index (κ3) is 3.24. The lowest BCUT2D eigenvalue weighted by Crippen LogP contribution is -2.48. The van der Waals surface area contributed by atoms with Gasteiger partial charge in [-0.25, -0.2) is 9.59 Å². The van der Waals surface area contributed by atoms with Crippen molar-refractivity contribution in [2.24, 2.45) is 5.92 Å². The first-order chi connectivity index (χ1) is 8.49. The first-order valence-electron chi connectivity index (χ1n) is 6.34. The van der Waals surface area contributed by atoms with Crippen LogP contribution >= 0.6 is 0 Å². The summed E-state index contributed by atoms with van der Waals surface area (Å²) in [6.45, 7) is 6.67. The van der Waals surface area contributed by atoms with E-state index in [1.165, 1.54) is 4.90 Å². The Morgan fingerprint density at radius 1 is 1.56 bits per heavy atom. The molecule has 0 aliphatic carbocycles. The van der Waals surface area contributed by atoms with Crippen LogP contribution in [0.1, 0.15) is 26.2 Å². The van der Waals surface area contributed by atoms with Crippen molar-refractivity contribution in [1.29, 1.82) is 0 Å². The highest BCUT2D eigenvalue weighted by molar-refractivity contribution is 5.83. The maximum atomic E-state index is 12.2. The van der Waals surface area contributed by atoms with Gasteiger partial charge in [-0.3, -0.25) is 0 Å². The third-order valence-electron chi connectivity index (χ3n) is 3.43. The van der Waals surface area contributed by atoms with E-state index in [0.717, 1.165) is 19.3 Å². The first-order valence-corrected chi connectivity index (χ1v) is 6.34. The third-order valence-corrected chi connectivity index (χ3v) is 3.43. The molecule has 18 heavy (non-hydrogen) atoms. The van der Waals surface area contributed by atoms with Crippen LogP contribution in [0.15, 0.2) is 12.7 Å². The Hall–Kier alpha value is -1.52. The fraction of sp³-hybridized carbons (Fsp3) is 0.692. The molecule has 1 rings (SSSR count). The molecule has 0 saturated carbocycles. The lowest BCUT2D eigenvalue weighted by atomic mass is 10.0. The summed E-state index contributed by atoms with van der Waals surface area (Å²) in [4.78, 5) is 26.4. The highest BCUT2D eigenvalue weighted by atomic mass is 16.4. The Morgan fingerprint density at radius 2 is 2.22 bits per heavy atom. The number of allylic oxidation sites excluding steroid dienone is 1. The van der Waals surface area contributed by atoms with Crippen LogP contribution in [-0.4, -0.2) is 53.1 Å². The molecule has 0 aromatic carbocycles. The standard InChI is InChI=1S/C13H22N2O3/c1-4-5-6-8-14(3)13(18)15-9-7-10(2)11(15)12(16)17/h4,10-11H,1,5-9H2,2-3H3,(H,16,17). The molecule has 5 nitrogen and oxygen atoms in total. The molecule has 2 amide bonds. The molecule has 2 atom stereocenters. The fourth-order valence-corrected chi connectivity index (χ4v) is 2.33. The monoisotopic (exact) mass is 254 g/mol. The number of carboxylic acids is 1. The average molecular weight is 254 g/mol. The van der Waals surface area contributed by atoms with Crippen molar-refractivity contribution in [3.8, 4) is 0 Å². The molecule has 1 heterocycles. The summed E-state index contributed by atoms with van der Waals surface area (Å²) >= 11 is 0. The number of hydrogen-bond donors (Lipinski definition) is 1. The van der Waals surface area contributed by atoms with Gasteiger partial charge in [-0.1, -0.05) is 13.0 Å². The van der Waals surface area contributed by atoms with Crippen LogP contribution < -0.4 is 0 Å². The van der Waals surface area contributed by atoms with Gasteiger partial charge in [0.05, 0.1) is 0 Å². The van der Waals surface area contributed by atoms with Crippen LogP contribution in [0.2, 0.25) is 0 Å². The average Bonchev–Trinajstić information content (AvgIpc) is 2.70. The lowest BCUT2D eigenvalue weighted by molar-refractivity contribution is -0.142. The summed E-state index contributed by atoms with van der Waals surface area (Å²) < 4.78 is 0. The summed E-state index contributed by atoms with van der Waals surface area (Å²) in [7, 11) is 1.72. The van der Waals surface area contributed by atoms with E-state index in [2.05, 4.69) is 6.58 Å². The van der Waals surface area contributed by atoms with Crippen molar-refractivity contribution in [3.63, 3.8) is 0 Å². The first kappa shape index (κ1) is 14.5. The second kappa shape index (κ2) is 6.42. The molecule has 0 aromatic heterocycles. The van der Waals surface area contributed by atoms with Crippen LogP contribution in [-0.2, 0) is 4.79 Å². The van der Waals surface area contributed by atoms with Gasteiger partial charge < -0.3 is 14.9 Å². The van der Waals surface area contributed by atoms with Gasteiger partial charge in [-0.05, 0) is 25.2 Å². The Balaban J connectivity index is 2.59. The lowest BCUT2D eigenvalue weighted by Gasteiger charge is -2.28. The molecule has 1 N–H and O–H groups in total. The number of likely N-dealkylation sites (tertiary alicyclic amines) is 1. The molecule has 5 heteroatoms. The number of urea groups is 1. The van der Waals surface area contributed by atoms with Crippen LogP contribution in [0.4, 0.5) is 4.79 Å². The zero-order chi connectivity index (χ0) is 13.7. The van der Waals surface area contributed by atoms with E-state index in [-0.39, 0.29) is 11.9 Å². The van der Waals surface area contributed by atoms with Crippen molar-refractivity contribution in [3.05, 3.63) is 12.7 Å². The molecule has 1 fully saturated rings. The van der Waals surface area contributed by atoms with Gasteiger partial charge in [-0.15, -0.1) is 6.58 Å². The Bertz CT molecular complexity index is 330. The van der Waals surface area contributed by atoms with Crippen LogP contribution in [0.5, 0.6) is 0 Å². The van der Waals surface area contributed by atoms with Gasteiger partial charge in [0.2, 0.25) is 0 Å². The Labute approximate surface area is 108 Å². The quantitative estimate of drug-likeness (QED) is 0.601. The minimum absolute atomic E-state index is 0.0213. The Morgan fingerprint density at radius 3 is 2.78 bits per heavy atom. The zero-order valence-corrected chi connectivity index (χ0v) is 11.1. The maximum absolute atomic E-state index is 12.2. The molecule has 1 saturated heterocycles. The van der Waals surface area contributed by atoms with Crippen molar-refractivity contribution in [1.82, 2.24) is 9.80 Å². The number of carbonyl (C=O) groups is 2. The number of unbranched alkanes of at least 4 members (excludes halogenated alkanes) is 1. The van der Waals surface area contributed by atoms with Crippen molar-refractivity contribution in [2.75, 3.05) is 20.1 Å². The highest BCUT2D eigenvalue weighted by Crippen LogP contribution is 2.25. The molecule has 0 bridgehead atoms. The zero-order valence-electron chi connectivity index (χ0n) is 11.1. The molecule has 0 aromatic rings. The second-order valence-corrected chi connectivity index (χ2v) is 4.88. The van der Waals surface area contributed by atoms with Crippen LogP contribution in [0, 0.1) is 5.92 Å². The molecule has 0 radical (unpaired) electrons.